The van der Waals surface area contributed by atoms with E-state index in [2.05, 4.69) is 5.32 Å². The summed E-state index contributed by atoms with van der Waals surface area (Å²) >= 11 is 0. The van der Waals surface area contributed by atoms with Crippen molar-refractivity contribution in [2.75, 3.05) is 13.1 Å². The van der Waals surface area contributed by atoms with Crippen LogP contribution in [0.15, 0.2) is 12.2 Å². The Morgan fingerprint density at radius 2 is 2.06 bits per heavy atom. The fourth-order valence-electron chi connectivity index (χ4n) is 2.21. The van der Waals surface area contributed by atoms with Crippen LogP contribution in [0.2, 0.25) is 0 Å². The molecule has 0 saturated heterocycles. The number of nitrogens with two attached hydrogens (primary N) is 1. The monoisotopic (exact) mass is 264 g/mol. The minimum atomic E-state index is -4.18. The van der Waals surface area contributed by atoms with E-state index < -0.39 is 18.0 Å². The van der Waals surface area contributed by atoms with E-state index in [-0.39, 0.29) is 18.7 Å². The summed E-state index contributed by atoms with van der Waals surface area (Å²) in [6.07, 6.45) is 0.260. The van der Waals surface area contributed by atoms with Crippen LogP contribution in [0.4, 0.5) is 13.2 Å². The first-order valence-corrected chi connectivity index (χ1v) is 6.14. The van der Waals surface area contributed by atoms with Crippen LogP contribution in [0.3, 0.4) is 0 Å². The molecule has 0 radical (unpaired) electrons. The summed E-state index contributed by atoms with van der Waals surface area (Å²) in [6, 6.07) is 0. The summed E-state index contributed by atoms with van der Waals surface area (Å²) in [4.78, 5) is 11.7. The van der Waals surface area contributed by atoms with Gasteiger partial charge in [0, 0.05) is 19.0 Å². The van der Waals surface area contributed by atoms with Gasteiger partial charge in [-0.05, 0) is 19.3 Å². The second-order valence-corrected chi connectivity index (χ2v) is 4.55. The Hall–Kier alpha value is -1.04. The number of alkyl halides is 3. The van der Waals surface area contributed by atoms with Crippen LogP contribution in [-0.2, 0) is 4.79 Å². The Bertz CT molecular complexity index is 302. The van der Waals surface area contributed by atoms with Crippen LogP contribution in [0.5, 0.6) is 0 Å². The van der Waals surface area contributed by atoms with Crippen molar-refractivity contribution in [2.24, 2.45) is 17.6 Å². The van der Waals surface area contributed by atoms with E-state index in [4.69, 9.17) is 5.73 Å². The Kier molecular flexibility index (Phi) is 5.65. The molecule has 1 aliphatic carbocycles. The molecule has 0 spiro atoms. The quantitative estimate of drug-likeness (QED) is 0.763. The largest absolute Gasteiger partial charge is 0.391 e. The van der Waals surface area contributed by atoms with Gasteiger partial charge in [-0.25, -0.2) is 0 Å². The number of hydrogen-bond acceptors (Lipinski definition) is 2. The first-order valence-electron chi connectivity index (χ1n) is 6.14. The number of carbonyl (C=O) groups excluding carboxylic acids is 1. The summed E-state index contributed by atoms with van der Waals surface area (Å²) in [5.74, 6) is -2.14. The second kappa shape index (κ2) is 6.78. The molecule has 0 aromatic rings. The van der Waals surface area contributed by atoms with Crippen molar-refractivity contribution in [2.45, 2.75) is 31.9 Å². The minimum Gasteiger partial charge on any atom is -0.352 e. The maximum atomic E-state index is 12.6. The van der Waals surface area contributed by atoms with Crippen LogP contribution in [-0.4, -0.2) is 25.2 Å². The molecule has 2 unspecified atom stereocenters. The van der Waals surface area contributed by atoms with Gasteiger partial charge in [0.25, 0.3) is 0 Å². The number of halogens is 3. The molecule has 1 saturated carbocycles. The number of hydrogen-bond donors (Lipinski definition) is 2. The maximum absolute atomic E-state index is 12.6. The van der Waals surface area contributed by atoms with Crippen LogP contribution < -0.4 is 11.1 Å². The van der Waals surface area contributed by atoms with E-state index in [1.165, 1.54) is 0 Å². The lowest BCUT2D eigenvalue weighted by molar-refractivity contribution is -0.186. The Labute approximate surface area is 105 Å². The van der Waals surface area contributed by atoms with Gasteiger partial charge in [0.1, 0.15) is 0 Å². The first kappa shape index (κ1) is 15.0. The lowest BCUT2D eigenvalue weighted by Crippen LogP contribution is -2.37. The predicted molar refractivity (Wildman–Crippen MR) is 62.7 cm³/mol. The highest BCUT2D eigenvalue weighted by molar-refractivity contribution is 5.78. The highest BCUT2D eigenvalue weighted by atomic mass is 19.4. The zero-order valence-electron chi connectivity index (χ0n) is 10.2. The highest BCUT2D eigenvalue weighted by Gasteiger charge is 2.43. The second-order valence-electron chi connectivity index (χ2n) is 4.55. The van der Waals surface area contributed by atoms with E-state index in [1.54, 1.807) is 12.2 Å². The number of nitrogens with one attached hydrogen (secondary N) is 1. The first-order chi connectivity index (χ1) is 8.45. The summed E-state index contributed by atoms with van der Waals surface area (Å²) in [5, 5.41) is 2.61. The fraction of sp³-hybridized carbons (Fsp3) is 0.750. The van der Waals surface area contributed by atoms with Crippen molar-refractivity contribution in [1.29, 1.82) is 0 Å². The minimum absolute atomic E-state index is 0.0874. The van der Waals surface area contributed by atoms with Gasteiger partial charge < -0.3 is 11.1 Å². The van der Waals surface area contributed by atoms with E-state index in [0.29, 0.717) is 25.9 Å². The smallest absolute Gasteiger partial charge is 0.352 e. The molecule has 0 bridgehead atoms. The SMILES string of the molecule is NC/C=C/CNC(=O)C1CCCC(C(F)(F)F)C1. The molecule has 0 aromatic carbocycles. The van der Waals surface area contributed by atoms with Crippen LogP contribution in [0, 0.1) is 11.8 Å². The zero-order valence-corrected chi connectivity index (χ0v) is 10.2. The normalized spacial score (nSPS) is 25.3. The molecular weight excluding hydrogens is 245 g/mol. The average molecular weight is 264 g/mol. The van der Waals surface area contributed by atoms with Gasteiger partial charge in [0.2, 0.25) is 5.91 Å². The van der Waals surface area contributed by atoms with Crippen molar-refractivity contribution >= 4 is 5.91 Å². The van der Waals surface area contributed by atoms with Crippen LogP contribution in [0.1, 0.15) is 25.7 Å². The average Bonchev–Trinajstić information content (AvgIpc) is 2.33. The molecule has 1 fully saturated rings. The van der Waals surface area contributed by atoms with Gasteiger partial charge in [-0.1, -0.05) is 18.6 Å². The van der Waals surface area contributed by atoms with E-state index >= 15 is 0 Å². The Balaban J connectivity index is 2.41. The summed E-state index contributed by atoms with van der Waals surface area (Å²) in [6.45, 7) is 0.707. The Morgan fingerprint density at radius 3 is 2.67 bits per heavy atom. The molecule has 1 aliphatic rings. The van der Waals surface area contributed by atoms with E-state index in [1.807, 2.05) is 0 Å². The molecule has 104 valence electrons. The predicted octanol–water partition coefficient (Wildman–Crippen LogP) is 1.99. The Morgan fingerprint density at radius 1 is 1.33 bits per heavy atom. The van der Waals surface area contributed by atoms with Gasteiger partial charge in [-0.2, -0.15) is 13.2 Å². The number of carbonyl (C=O) groups is 1. The standard InChI is InChI=1S/C12H19F3N2O/c13-12(14,15)10-5-3-4-9(8-10)11(18)17-7-2-1-6-16/h1-2,9-10H,3-8,16H2,(H,17,18)/b2-1+. The third-order valence-corrected chi connectivity index (χ3v) is 3.20. The zero-order chi connectivity index (χ0) is 13.6. The third kappa shape index (κ3) is 4.68. The van der Waals surface area contributed by atoms with Crippen molar-refractivity contribution in [3.8, 4) is 0 Å². The molecule has 0 aromatic heterocycles. The van der Waals surface area contributed by atoms with Gasteiger partial charge in [-0.15, -0.1) is 0 Å². The van der Waals surface area contributed by atoms with E-state index in [9.17, 15) is 18.0 Å². The van der Waals surface area contributed by atoms with Gasteiger partial charge in [0.15, 0.2) is 0 Å². The number of amides is 1. The van der Waals surface area contributed by atoms with Crippen molar-refractivity contribution < 1.29 is 18.0 Å². The van der Waals surface area contributed by atoms with Gasteiger partial charge in [0.05, 0.1) is 5.92 Å². The van der Waals surface area contributed by atoms with E-state index in [0.717, 1.165) is 0 Å². The molecule has 3 N–H and O–H groups in total. The molecule has 6 heteroatoms. The molecule has 0 heterocycles. The molecule has 1 amide bonds. The highest BCUT2D eigenvalue weighted by Crippen LogP contribution is 2.39. The fourth-order valence-corrected chi connectivity index (χ4v) is 2.21. The number of rotatable bonds is 4. The third-order valence-electron chi connectivity index (χ3n) is 3.20. The summed E-state index contributed by atoms with van der Waals surface area (Å²) in [5.41, 5.74) is 5.23. The summed E-state index contributed by atoms with van der Waals surface area (Å²) in [7, 11) is 0. The molecule has 3 nitrogen and oxygen atoms in total. The van der Waals surface area contributed by atoms with Gasteiger partial charge in [-0.3, -0.25) is 4.79 Å². The summed E-state index contributed by atoms with van der Waals surface area (Å²) < 4.78 is 37.7. The molecule has 1 rings (SSSR count). The van der Waals surface area contributed by atoms with Crippen molar-refractivity contribution in [3.05, 3.63) is 12.2 Å². The lowest BCUT2D eigenvalue weighted by atomic mass is 9.80. The molecular formula is C12H19F3N2O. The lowest BCUT2D eigenvalue weighted by Gasteiger charge is -2.29. The molecule has 0 aliphatic heterocycles. The topological polar surface area (TPSA) is 55.1 Å². The maximum Gasteiger partial charge on any atom is 0.391 e. The molecule has 18 heavy (non-hydrogen) atoms. The van der Waals surface area contributed by atoms with Gasteiger partial charge >= 0.3 is 6.18 Å². The van der Waals surface area contributed by atoms with Crippen molar-refractivity contribution in [1.82, 2.24) is 5.32 Å². The van der Waals surface area contributed by atoms with Crippen LogP contribution >= 0.6 is 0 Å². The molecule has 2 atom stereocenters. The van der Waals surface area contributed by atoms with Crippen molar-refractivity contribution in [3.63, 3.8) is 0 Å². The van der Waals surface area contributed by atoms with Crippen LogP contribution in [0.25, 0.3) is 0 Å².